The second kappa shape index (κ2) is 6.85. The lowest BCUT2D eigenvalue weighted by molar-refractivity contribution is 0.207. The summed E-state index contributed by atoms with van der Waals surface area (Å²) in [6.45, 7) is 2.84. The molecule has 6 nitrogen and oxygen atoms in total. The number of nitrogens with zero attached hydrogens (tertiary/aromatic N) is 2. The van der Waals surface area contributed by atoms with Crippen molar-refractivity contribution in [3.63, 3.8) is 0 Å². The monoisotopic (exact) mass is 366 g/mol. The highest BCUT2D eigenvalue weighted by Crippen LogP contribution is 2.28. The summed E-state index contributed by atoms with van der Waals surface area (Å²) >= 11 is 0. The maximum Gasteiger partial charge on any atom is 0.334 e. The van der Waals surface area contributed by atoms with Gasteiger partial charge in [0.05, 0.1) is 17.9 Å². The summed E-state index contributed by atoms with van der Waals surface area (Å²) in [7, 11) is 0. The molecule has 0 spiro atoms. The first-order valence-electron chi connectivity index (χ1n) is 8.72. The molecule has 1 atom stereocenters. The fourth-order valence-corrected chi connectivity index (χ4v) is 3.42. The highest BCUT2D eigenvalue weighted by molar-refractivity contribution is 5.52. The van der Waals surface area contributed by atoms with Crippen LogP contribution in [0.4, 0.5) is 10.2 Å². The zero-order valence-corrected chi connectivity index (χ0v) is 14.8. The van der Waals surface area contributed by atoms with E-state index >= 15 is 0 Å². The minimum absolute atomic E-state index is 0.0695. The summed E-state index contributed by atoms with van der Waals surface area (Å²) in [5.74, 6) is -0.193. The summed E-state index contributed by atoms with van der Waals surface area (Å²) in [6.07, 6.45) is 0. The van der Waals surface area contributed by atoms with Gasteiger partial charge in [0.25, 0.3) is 5.56 Å². The Labute approximate surface area is 154 Å². The molecule has 0 radical (unpaired) electrons. The van der Waals surface area contributed by atoms with E-state index < -0.39 is 17.1 Å². The van der Waals surface area contributed by atoms with Crippen molar-refractivity contribution in [1.29, 1.82) is 0 Å². The van der Waals surface area contributed by atoms with Crippen molar-refractivity contribution in [3.8, 4) is 5.69 Å². The molecule has 3 aromatic rings. The summed E-state index contributed by atoms with van der Waals surface area (Å²) < 4.78 is 15.5. The molecule has 1 aromatic heterocycles. The van der Waals surface area contributed by atoms with Gasteiger partial charge in [-0.3, -0.25) is 14.7 Å². The van der Waals surface area contributed by atoms with E-state index in [-0.39, 0.29) is 11.7 Å². The molecule has 0 saturated carbocycles. The lowest BCUT2D eigenvalue weighted by Crippen LogP contribution is -2.43. The van der Waals surface area contributed by atoms with Gasteiger partial charge in [0.2, 0.25) is 0 Å². The number of hydrogen-bond acceptors (Lipinski definition) is 4. The average molecular weight is 366 g/mol. The van der Waals surface area contributed by atoms with Gasteiger partial charge < -0.3 is 5.32 Å². The number of hydrogen-bond donors (Lipinski definition) is 2. The van der Waals surface area contributed by atoms with E-state index in [1.54, 1.807) is 12.1 Å². The van der Waals surface area contributed by atoms with Gasteiger partial charge in [-0.05, 0) is 24.6 Å². The van der Waals surface area contributed by atoms with Gasteiger partial charge in [0.1, 0.15) is 11.6 Å². The third-order valence-electron chi connectivity index (χ3n) is 4.94. The van der Waals surface area contributed by atoms with E-state index in [0.717, 1.165) is 5.56 Å². The van der Waals surface area contributed by atoms with Gasteiger partial charge in [0.15, 0.2) is 0 Å². The zero-order chi connectivity index (χ0) is 19.0. The minimum atomic E-state index is -0.666. The van der Waals surface area contributed by atoms with Crippen LogP contribution in [0.2, 0.25) is 0 Å². The molecule has 27 heavy (non-hydrogen) atoms. The Morgan fingerprint density at radius 3 is 2.48 bits per heavy atom. The van der Waals surface area contributed by atoms with Crippen molar-refractivity contribution in [2.24, 2.45) is 0 Å². The Kier molecular flexibility index (Phi) is 4.37. The van der Waals surface area contributed by atoms with Gasteiger partial charge in [-0.1, -0.05) is 42.5 Å². The van der Waals surface area contributed by atoms with Gasteiger partial charge >= 0.3 is 5.69 Å². The first-order valence-corrected chi connectivity index (χ1v) is 8.72. The van der Waals surface area contributed by atoms with E-state index in [2.05, 4.69) is 22.1 Å². The third-order valence-corrected chi connectivity index (χ3v) is 4.94. The van der Waals surface area contributed by atoms with E-state index in [1.807, 2.05) is 30.3 Å². The van der Waals surface area contributed by atoms with Crippen LogP contribution in [0, 0.1) is 5.82 Å². The molecule has 1 aliphatic rings. The standard InChI is InChI=1S/C20H19FN4O2/c1-13(14-7-3-2-4-8-14)24-11-15-18(22-12-24)25(20(27)23-19(15)26)17-10-6-5-9-16(17)21/h2-10,13,22H,11-12H2,1H3,(H,23,26,27)/t13-/m0/s1. The van der Waals surface area contributed by atoms with Crippen LogP contribution >= 0.6 is 0 Å². The Hall–Kier alpha value is -3.19. The third kappa shape index (κ3) is 3.06. The molecule has 0 amide bonds. The summed E-state index contributed by atoms with van der Waals surface area (Å²) in [4.78, 5) is 29.2. The molecule has 7 heteroatoms. The van der Waals surface area contributed by atoms with Crippen LogP contribution in [0.1, 0.15) is 24.1 Å². The van der Waals surface area contributed by atoms with Gasteiger partial charge in [-0.15, -0.1) is 0 Å². The SMILES string of the molecule is C[C@@H](c1ccccc1)N1CNc2c(c(=O)[nH]c(=O)n2-c2ccccc2F)C1. The molecule has 0 unspecified atom stereocenters. The van der Waals surface area contributed by atoms with Crippen molar-refractivity contribution < 1.29 is 4.39 Å². The molecule has 0 bridgehead atoms. The molecule has 0 saturated heterocycles. The van der Waals surface area contributed by atoms with E-state index in [1.165, 1.54) is 16.7 Å². The predicted octanol–water partition coefficient (Wildman–Crippen LogP) is 2.61. The molecular formula is C20H19FN4O2. The second-order valence-corrected chi connectivity index (χ2v) is 6.54. The number of para-hydroxylation sites is 1. The first kappa shape index (κ1) is 17.2. The van der Waals surface area contributed by atoms with Gasteiger partial charge in [-0.2, -0.15) is 0 Å². The number of nitrogens with one attached hydrogen (secondary N) is 2. The van der Waals surface area contributed by atoms with Crippen LogP contribution in [-0.2, 0) is 6.54 Å². The normalized spacial score (nSPS) is 15.0. The molecule has 138 valence electrons. The second-order valence-electron chi connectivity index (χ2n) is 6.54. The van der Waals surface area contributed by atoms with E-state index in [0.29, 0.717) is 24.6 Å². The predicted molar refractivity (Wildman–Crippen MR) is 102 cm³/mol. The number of anilines is 1. The van der Waals surface area contributed by atoms with Crippen LogP contribution in [0.15, 0.2) is 64.2 Å². The van der Waals surface area contributed by atoms with Crippen LogP contribution in [0.5, 0.6) is 0 Å². The molecule has 2 heterocycles. The number of aromatic nitrogens is 2. The van der Waals surface area contributed by atoms with Crippen LogP contribution in [0.3, 0.4) is 0 Å². The summed E-state index contributed by atoms with van der Waals surface area (Å²) in [5, 5.41) is 3.14. The van der Waals surface area contributed by atoms with Gasteiger partial charge in [0, 0.05) is 12.6 Å². The fraction of sp³-hybridized carbons (Fsp3) is 0.200. The fourth-order valence-electron chi connectivity index (χ4n) is 3.42. The number of aromatic amines is 1. The highest BCUT2D eigenvalue weighted by atomic mass is 19.1. The number of fused-ring (bicyclic) bond motifs is 1. The molecule has 2 N–H and O–H groups in total. The van der Waals surface area contributed by atoms with Gasteiger partial charge in [-0.25, -0.2) is 13.8 Å². The minimum Gasteiger partial charge on any atom is -0.358 e. The van der Waals surface area contributed by atoms with E-state index in [9.17, 15) is 14.0 Å². The Morgan fingerprint density at radius 2 is 1.74 bits per heavy atom. The molecule has 0 fully saturated rings. The maximum atomic E-state index is 14.3. The molecule has 1 aliphatic heterocycles. The number of benzene rings is 2. The largest absolute Gasteiger partial charge is 0.358 e. The first-order chi connectivity index (χ1) is 13.1. The Morgan fingerprint density at radius 1 is 1.04 bits per heavy atom. The Balaban J connectivity index is 1.77. The molecular weight excluding hydrogens is 347 g/mol. The van der Waals surface area contributed by atoms with Crippen molar-refractivity contribution in [3.05, 3.63) is 92.4 Å². The quantitative estimate of drug-likeness (QED) is 0.748. The summed E-state index contributed by atoms with van der Waals surface area (Å²) in [5.41, 5.74) is 0.515. The van der Waals surface area contributed by atoms with Crippen molar-refractivity contribution in [1.82, 2.24) is 14.5 Å². The van der Waals surface area contributed by atoms with Crippen LogP contribution in [-0.4, -0.2) is 21.1 Å². The molecule has 0 aliphatic carbocycles. The van der Waals surface area contributed by atoms with E-state index in [4.69, 9.17) is 0 Å². The smallest absolute Gasteiger partial charge is 0.334 e. The molecule has 2 aromatic carbocycles. The lowest BCUT2D eigenvalue weighted by Gasteiger charge is -2.35. The topological polar surface area (TPSA) is 70.1 Å². The Bertz CT molecular complexity index is 1090. The van der Waals surface area contributed by atoms with Crippen molar-refractivity contribution in [2.45, 2.75) is 19.5 Å². The van der Waals surface area contributed by atoms with Crippen LogP contribution in [0.25, 0.3) is 5.69 Å². The lowest BCUT2D eigenvalue weighted by atomic mass is 10.1. The average Bonchev–Trinajstić information content (AvgIpc) is 2.69. The van der Waals surface area contributed by atoms with Crippen molar-refractivity contribution in [2.75, 3.05) is 12.0 Å². The van der Waals surface area contributed by atoms with Crippen LogP contribution < -0.4 is 16.6 Å². The number of rotatable bonds is 3. The van der Waals surface area contributed by atoms with Crippen molar-refractivity contribution >= 4 is 5.82 Å². The number of halogens is 1. The number of H-pyrrole nitrogens is 1. The molecule has 4 rings (SSSR count). The summed E-state index contributed by atoms with van der Waals surface area (Å²) in [6, 6.07) is 16.0. The maximum absolute atomic E-state index is 14.3. The zero-order valence-electron chi connectivity index (χ0n) is 14.8. The highest BCUT2D eigenvalue weighted by Gasteiger charge is 2.27.